The van der Waals surface area contributed by atoms with Crippen molar-refractivity contribution in [2.45, 2.75) is 62.8 Å². The van der Waals surface area contributed by atoms with Crippen LogP contribution in [0.3, 0.4) is 0 Å². The molecule has 4 atom stereocenters. The predicted octanol–water partition coefficient (Wildman–Crippen LogP) is 2.41. The highest BCUT2D eigenvalue weighted by Gasteiger charge is 2.34. The third-order valence-corrected chi connectivity index (χ3v) is 5.58. The number of aromatic nitrogens is 2. The number of fused-ring (bicyclic) bond motifs is 2. The van der Waals surface area contributed by atoms with Crippen LogP contribution in [0.25, 0.3) is 0 Å². The van der Waals surface area contributed by atoms with Crippen molar-refractivity contribution in [3.63, 3.8) is 0 Å². The third kappa shape index (κ3) is 3.60. The number of nitrogens with one attached hydrogen (secondary N) is 1. The first kappa shape index (κ1) is 16.4. The highest BCUT2D eigenvalue weighted by Crippen LogP contribution is 2.30. The molecule has 7 heteroatoms. The first-order valence-electron chi connectivity index (χ1n) is 8.95. The normalized spacial score (nSPS) is 32.6. The second kappa shape index (κ2) is 7.02. The summed E-state index contributed by atoms with van der Waals surface area (Å²) in [7, 11) is 2.07. The van der Waals surface area contributed by atoms with Gasteiger partial charge in [-0.3, -0.25) is 0 Å². The quantitative estimate of drug-likeness (QED) is 0.840. The van der Waals surface area contributed by atoms with Crippen molar-refractivity contribution in [3.05, 3.63) is 11.2 Å². The van der Waals surface area contributed by atoms with Crippen molar-refractivity contribution in [2.75, 3.05) is 25.2 Å². The maximum Gasteiger partial charge on any atom is 0.230 e. The summed E-state index contributed by atoms with van der Waals surface area (Å²) in [6.07, 6.45) is 7.11. The van der Waals surface area contributed by atoms with Gasteiger partial charge in [0.2, 0.25) is 11.8 Å². The van der Waals surface area contributed by atoms with E-state index in [0.717, 1.165) is 25.9 Å². The molecule has 3 aliphatic rings. The van der Waals surface area contributed by atoms with Gasteiger partial charge in [-0.2, -0.15) is 4.98 Å². The lowest BCUT2D eigenvalue weighted by atomic mass is 9.83. The van der Waals surface area contributed by atoms with Crippen molar-refractivity contribution in [2.24, 2.45) is 0 Å². The van der Waals surface area contributed by atoms with Crippen LogP contribution >= 0.6 is 11.6 Å². The van der Waals surface area contributed by atoms with E-state index < -0.39 is 0 Å². The predicted molar refractivity (Wildman–Crippen MR) is 92.9 cm³/mol. The zero-order chi connectivity index (χ0) is 16.5. The Morgan fingerprint density at radius 2 is 2.04 bits per heavy atom. The van der Waals surface area contributed by atoms with Gasteiger partial charge in [-0.25, -0.2) is 4.98 Å². The molecule has 132 valence electrons. The lowest BCUT2D eigenvalue weighted by Crippen LogP contribution is -2.54. The molecule has 0 saturated carbocycles. The Kier molecular flexibility index (Phi) is 4.79. The van der Waals surface area contributed by atoms with Gasteiger partial charge in [0.15, 0.2) is 0 Å². The van der Waals surface area contributed by atoms with Crippen molar-refractivity contribution in [1.82, 2.24) is 15.3 Å². The number of hydrogen-bond donors (Lipinski definition) is 1. The first-order chi connectivity index (χ1) is 11.7. The molecule has 3 fully saturated rings. The van der Waals surface area contributed by atoms with Gasteiger partial charge in [-0.05, 0) is 25.7 Å². The molecule has 1 aromatic rings. The highest BCUT2D eigenvalue weighted by atomic mass is 35.5. The number of halogens is 1. The molecule has 3 saturated heterocycles. The van der Waals surface area contributed by atoms with Crippen LogP contribution < -0.4 is 15.0 Å². The molecule has 6 nitrogen and oxygen atoms in total. The van der Waals surface area contributed by atoms with Gasteiger partial charge in [-0.15, -0.1) is 0 Å². The highest BCUT2D eigenvalue weighted by molar-refractivity contribution is 6.29. The molecule has 2 bridgehead atoms. The smallest absolute Gasteiger partial charge is 0.230 e. The Bertz CT molecular complexity index is 570. The molecule has 0 unspecified atom stereocenters. The van der Waals surface area contributed by atoms with Gasteiger partial charge in [0, 0.05) is 37.7 Å². The van der Waals surface area contributed by atoms with Gasteiger partial charge in [0.05, 0.1) is 13.2 Å². The molecule has 0 spiro atoms. The van der Waals surface area contributed by atoms with Crippen molar-refractivity contribution in [3.8, 4) is 5.88 Å². The van der Waals surface area contributed by atoms with E-state index in [-0.39, 0.29) is 6.10 Å². The minimum absolute atomic E-state index is 0.0624. The zero-order valence-electron chi connectivity index (χ0n) is 14.1. The van der Waals surface area contributed by atoms with Gasteiger partial charge < -0.3 is 19.7 Å². The summed E-state index contributed by atoms with van der Waals surface area (Å²) >= 11 is 6.21. The van der Waals surface area contributed by atoms with Gasteiger partial charge in [-0.1, -0.05) is 18.0 Å². The molecule has 1 aromatic heterocycles. The minimum atomic E-state index is 0.0624. The second-order valence-electron chi connectivity index (χ2n) is 7.16. The van der Waals surface area contributed by atoms with Crippen LogP contribution in [0.5, 0.6) is 5.88 Å². The zero-order valence-corrected chi connectivity index (χ0v) is 14.8. The van der Waals surface area contributed by atoms with E-state index in [1.807, 2.05) is 0 Å². The van der Waals surface area contributed by atoms with E-state index >= 15 is 0 Å². The second-order valence-corrected chi connectivity index (χ2v) is 7.55. The van der Waals surface area contributed by atoms with E-state index in [1.54, 1.807) is 6.07 Å². The molecule has 4 rings (SSSR count). The summed E-state index contributed by atoms with van der Waals surface area (Å²) < 4.78 is 11.3. The van der Waals surface area contributed by atoms with E-state index in [9.17, 15) is 0 Å². The summed E-state index contributed by atoms with van der Waals surface area (Å²) in [5, 5.41) is 4.15. The summed E-state index contributed by atoms with van der Waals surface area (Å²) in [5.41, 5.74) is 0. The van der Waals surface area contributed by atoms with Crippen LogP contribution in [0.4, 0.5) is 5.95 Å². The van der Waals surface area contributed by atoms with Crippen LogP contribution in [0.15, 0.2) is 6.07 Å². The summed E-state index contributed by atoms with van der Waals surface area (Å²) in [6, 6.07) is 3.38. The molecule has 1 N–H and O–H groups in total. The maximum atomic E-state index is 6.21. The van der Waals surface area contributed by atoms with E-state index in [1.165, 1.54) is 19.3 Å². The fourth-order valence-corrected chi connectivity index (χ4v) is 4.26. The fraction of sp³-hybridized carbons (Fsp3) is 0.765. The molecule has 3 aliphatic heterocycles. The van der Waals surface area contributed by atoms with Gasteiger partial charge in [0.1, 0.15) is 11.3 Å². The van der Waals surface area contributed by atoms with E-state index in [2.05, 4.69) is 27.2 Å². The summed E-state index contributed by atoms with van der Waals surface area (Å²) in [5.74, 6) is 1.20. The Morgan fingerprint density at radius 3 is 2.75 bits per heavy atom. The topological polar surface area (TPSA) is 59.5 Å². The number of hydrogen-bond acceptors (Lipinski definition) is 6. The average Bonchev–Trinajstić information content (AvgIpc) is 3.06. The van der Waals surface area contributed by atoms with Gasteiger partial charge >= 0.3 is 0 Å². The number of piperidine rings is 2. The SMILES string of the molecule is CN(c1nc(Cl)cc(O[C@@H]2CCOC2)n1)[C@@H]1C[C@H]2CCC[C@@H](C1)N2. The van der Waals surface area contributed by atoms with Crippen LogP contribution in [0, 0.1) is 0 Å². The molecule has 0 radical (unpaired) electrons. The molecule has 0 aromatic carbocycles. The van der Waals surface area contributed by atoms with Crippen molar-refractivity contribution in [1.29, 1.82) is 0 Å². The Morgan fingerprint density at radius 1 is 1.25 bits per heavy atom. The molecular formula is C17H25ClN4O2. The Balaban J connectivity index is 1.48. The van der Waals surface area contributed by atoms with E-state index in [4.69, 9.17) is 21.1 Å². The lowest BCUT2D eigenvalue weighted by Gasteiger charge is -2.43. The maximum absolute atomic E-state index is 6.21. The number of nitrogens with zero attached hydrogens (tertiary/aromatic N) is 3. The fourth-order valence-electron chi connectivity index (χ4n) is 4.10. The first-order valence-corrected chi connectivity index (χ1v) is 9.33. The minimum Gasteiger partial charge on any atom is -0.472 e. The Labute approximate surface area is 147 Å². The molecule has 4 heterocycles. The number of ether oxygens (including phenoxy) is 2. The molecule has 0 amide bonds. The number of anilines is 1. The largest absolute Gasteiger partial charge is 0.472 e. The van der Waals surface area contributed by atoms with Crippen LogP contribution in [-0.4, -0.2) is 54.5 Å². The van der Waals surface area contributed by atoms with Gasteiger partial charge in [0.25, 0.3) is 0 Å². The average molecular weight is 353 g/mol. The van der Waals surface area contributed by atoms with Crippen molar-refractivity contribution < 1.29 is 9.47 Å². The van der Waals surface area contributed by atoms with Crippen LogP contribution in [-0.2, 0) is 4.74 Å². The lowest BCUT2D eigenvalue weighted by molar-refractivity contribution is 0.138. The number of rotatable bonds is 4. The molecule has 24 heavy (non-hydrogen) atoms. The summed E-state index contributed by atoms with van der Waals surface area (Å²) in [4.78, 5) is 11.2. The molecular weight excluding hydrogens is 328 g/mol. The standard InChI is InChI=1S/C17H25ClN4O2/c1-22(13-7-11-3-2-4-12(8-13)19-11)17-20-15(18)9-16(21-17)24-14-5-6-23-10-14/h9,11-14,19H,2-8,10H2,1H3/t11-,12+,13-,14-/m1/s1. The van der Waals surface area contributed by atoms with Crippen LogP contribution in [0.1, 0.15) is 38.5 Å². The summed E-state index contributed by atoms with van der Waals surface area (Å²) in [6.45, 7) is 1.36. The van der Waals surface area contributed by atoms with Crippen molar-refractivity contribution >= 4 is 17.5 Å². The molecule has 0 aliphatic carbocycles. The van der Waals surface area contributed by atoms with Crippen LogP contribution in [0.2, 0.25) is 5.15 Å². The Hall–Kier alpha value is -1.11. The van der Waals surface area contributed by atoms with E-state index in [0.29, 0.717) is 41.7 Å². The monoisotopic (exact) mass is 352 g/mol. The third-order valence-electron chi connectivity index (χ3n) is 5.39.